The largest absolute Gasteiger partial charge is 0.495 e. The first-order valence-electron chi connectivity index (χ1n) is 7.06. The second-order valence-corrected chi connectivity index (χ2v) is 9.05. The van der Waals surface area contributed by atoms with E-state index in [1.807, 2.05) is 0 Å². The number of rotatable bonds is 5. The fourth-order valence-electron chi connectivity index (χ4n) is 2.24. The van der Waals surface area contributed by atoms with Gasteiger partial charge in [0.1, 0.15) is 5.75 Å². The van der Waals surface area contributed by atoms with Gasteiger partial charge in [-0.2, -0.15) is 0 Å². The molecule has 0 aromatic heterocycles. The standard InChI is InChI=1S/C16H17BrN2O4S2/c1-10-11(8-9-12(17)15(10)23-2)16(20)19(18)24-13-6-4-5-7-14(13)25(3,21)22/h4-9H,18H2,1-3H3. The Hall–Kier alpha value is -1.55. The molecule has 0 saturated heterocycles. The molecule has 0 aliphatic heterocycles. The zero-order valence-corrected chi connectivity index (χ0v) is 17.0. The van der Waals surface area contributed by atoms with Crippen LogP contribution in [0.1, 0.15) is 15.9 Å². The number of ether oxygens (including phenoxy) is 1. The number of sulfone groups is 1. The van der Waals surface area contributed by atoms with Crippen LogP contribution < -0.4 is 10.6 Å². The Morgan fingerprint density at radius 2 is 1.88 bits per heavy atom. The summed E-state index contributed by atoms with van der Waals surface area (Å²) in [5.74, 6) is 5.97. The average Bonchev–Trinajstić information content (AvgIpc) is 2.54. The number of nitrogens with two attached hydrogens (primary N) is 1. The number of benzene rings is 2. The molecule has 0 fully saturated rings. The third-order valence-electron chi connectivity index (χ3n) is 3.44. The van der Waals surface area contributed by atoms with Gasteiger partial charge in [0, 0.05) is 34.2 Å². The zero-order valence-electron chi connectivity index (χ0n) is 13.8. The molecule has 0 spiro atoms. The Kier molecular flexibility index (Phi) is 6.15. The highest BCUT2D eigenvalue weighted by Crippen LogP contribution is 2.33. The van der Waals surface area contributed by atoms with E-state index < -0.39 is 15.7 Å². The molecule has 0 bridgehead atoms. The summed E-state index contributed by atoms with van der Waals surface area (Å²) in [6.45, 7) is 1.75. The summed E-state index contributed by atoms with van der Waals surface area (Å²) in [5.41, 5.74) is 1.00. The quantitative estimate of drug-likeness (QED) is 0.329. The van der Waals surface area contributed by atoms with Crippen LogP contribution in [0, 0.1) is 6.92 Å². The number of halogens is 1. The first-order valence-corrected chi connectivity index (χ1v) is 10.5. The Morgan fingerprint density at radius 1 is 1.24 bits per heavy atom. The van der Waals surface area contributed by atoms with Gasteiger partial charge in [-0.25, -0.2) is 18.7 Å². The van der Waals surface area contributed by atoms with Crippen molar-refractivity contribution in [2.75, 3.05) is 13.4 Å². The summed E-state index contributed by atoms with van der Waals surface area (Å²) in [7, 11) is -1.92. The summed E-state index contributed by atoms with van der Waals surface area (Å²) in [5, 5.41) is 0. The predicted octanol–water partition coefficient (Wildman–Crippen LogP) is 3.19. The van der Waals surface area contributed by atoms with E-state index in [1.54, 1.807) is 37.3 Å². The fourth-order valence-corrected chi connectivity index (χ4v) is 4.85. The molecule has 134 valence electrons. The fraction of sp³-hybridized carbons (Fsp3) is 0.188. The van der Waals surface area contributed by atoms with Crippen molar-refractivity contribution in [2.24, 2.45) is 5.84 Å². The number of methoxy groups -OCH3 is 1. The minimum atomic E-state index is -3.43. The number of nitrogens with zero attached hydrogens (tertiary/aromatic N) is 1. The van der Waals surface area contributed by atoms with E-state index in [-0.39, 0.29) is 4.90 Å². The van der Waals surface area contributed by atoms with Crippen LogP contribution in [0.4, 0.5) is 0 Å². The van der Waals surface area contributed by atoms with Gasteiger partial charge in [0.2, 0.25) is 0 Å². The van der Waals surface area contributed by atoms with E-state index in [1.165, 1.54) is 13.2 Å². The normalized spacial score (nSPS) is 11.2. The topological polar surface area (TPSA) is 89.7 Å². The average molecular weight is 445 g/mol. The summed E-state index contributed by atoms with van der Waals surface area (Å²) >= 11 is 4.22. The number of amides is 1. The molecule has 25 heavy (non-hydrogen) atoms. The number of hydrazine groups is 1. The Bertz CT molecular complexity index is 916. The van der Waals surface area contributed by atoms with Crippen molar-refractivity contribution < 1.29 is 17.9 Å². The van der Waals surface area contributed by atoms with Crippen LogP contribution in [0.2, 0.25) is 0 Å². The lowest BCUT2D eigenvalue weighted by molar-refractivity contribution is 0.0870. The van der Waals surface area contributed by atoms with Crippen LogP contribution in [-0.2, 0) is 9.84 Å². The van der Waals surface area contributed by atoms with E-state index >= 15 is 0 Å². The SMILES string of the molecule is COc1c(Br)ccc(C(=O)N(N)Sc2ccccc2S(C)(=O)=O)c1C. The van der Waals surface area contributed by atoms with E-state index in [4.69, 9.17) is 10.6 Å². The van der Waals surface area contributed by atoms with Crippen molar-refractivity contribution in [1.82, 2.24) is 4.41 Å². The van der Waals surface area contributed by atoms with Gasteiger partial charge in [-0.15, -0.1) is 0 Å². The van der Waals surface area contributed by atoms with E-state index in [0.29, 0.717) is 21.8 Å². The maximum Gasteiger partial charge on any atom is 0.278 e. The molecule has 6 nitrogen and oxygen atoms in total. The first-order chi connectivity index (χ1) is 11.7. The van der Waals surface area contributed by atoms with Crippen molar-refractivity contribution in [2.45, 2.75) is 16.7 Å². The molecule has 0 saturated carbocycles. The van der Waals surface area contributed by atoms with Crippen LogP contribution in [-0.4, -0.2) is 32.1 Å². The Balaban J connectivity index is 2.35. The van der Waals surface area contributed by atoms with Crippen molar-refractivity contribution in [1.29, 1.82) is 0 Å². The van der Waals surface area contributed by atoms with Crippen molar-refractivity contribution in [3.05, 3.63) is 52.0 Å². The zero-order chi connectivity index (χ0) is 18.8. The molecule has 2 aromatic rings. The van der Waals surface area contributed by atoms with E-state index in [9.17, 15) is 13.2 Å². The molecule has 1 amide bonds. The van der Waals surface area contributed by atoms with Crippen molar-refractivity contribution >= 4 is 43.6 Å². The van der Waals surface area contributed by atoms with Crippen LogP contribution in [0.3, 0.4) is 0 Å². The van der Waals surface area contributed by atoms with Crippen LogP contribution in [0.15, 0.2) is 50.7 Å². The molecule has 0 heterocycles. The van der Waals surface area contributed by atoms with Gasteiger partial charge in [0.05, 0.1) is 16.5 Å². The summed E-state index contributed by atoms with van der Waals surface area (Å²) in [6, 6.07) is 9.71. The maximum atomic E-state index is 12.7. The molecule has 2 N–H and O–H groups in total. The molecule has 2 rings (SSSR count). The van der Waals surface area contributed by atoms with E-state index in [2.05, 4.69) is 15.9 Å². The van der Waals surface area contributed by atoms with Gasteiger partial charge in [0.15, 0.2) is 9.84 Å². The van der Waals surface area contributed by atoms with Gasteiger partial charge in [0.25, 0.3) is 5.91 Å². The summed E-state index contributed by atoms with van der Waals surface area (Å²) in [4.78, 5) is 13.2. The molecule has 0 unspecified atom stereocenters. The smallest absolute Gasteiger partial charge is 0.278 e. The molecule has 9 heteroatoms. The monoisotopic (exact) mass is 444 g/mol. The highest BCUT2D eigenvalue weighted by atomic mass is 79.9. The predicted molar refractivity (Wildman–Crippen MR) is 101 cm³/mol. The number of carbonyl (C=O) groups excluding carboxylic acids is 1. The number of carbonyl (C=O) groups is 1. The number of hydrogen-bond donors (Lipinski definition) is 1. The van der Waals surface area contributed by atoms with Gasteiger partial charge < -0.3 is 4.74 Å². The lowest BCUT2D eigenvalue weighted by atomic mass is 10.1. The van der Waals surface area contributed by atoms with Gasteiger partial charge in [-0.1, -0.05) is 12.1 Å². The molecule has 0 radical (unpaired) electrons. The van der Waals surface area contributed by atoms with E-state index in [0.717, 1.165) is 27.1 Å². The molecule has 0 aliphatic carbocycles. The molecule has 0 aliphatic rings. The van der Waals surface area contributed by atoms with Crippen LogP contribution >= 0.6 is 27.9 Å². The first kappa shape index (κ1) is 19.8. The summed E-state index contributed by atoms with van der Waals surface area (Å²) < 4.78 is 30.7. The van der Waals surface area contributed by atoms with Gasteiger partial charge in [-0.05, 0) is 47.1 Å². The molecule has 2 aromatic carbocycles. The number of hydrogen-bond acceptors (Lipinski definition) is 6. The maximum absolute atomic E-state index is 12.7. The molecular weight excluding hydrogens is 428 g/mol. The van der Waals surface area contributed by atoms with Crippen molar-refractivity contribution in [3.8, 4) is 5.75 Å². The third kappa shape index (κ3) is 4.35. The minimum absolute atomic E-state index is 0.119. The highest BCUT2D eigenvalue weighted by molar-refractivity contribution is 9.10. The van der Waals surface area contributed by atoms with Crippen LogP contribution in [0.5, 0.6) is 5.75 Å². The lowest BCUT2D eigenvalue weighted by Crippen LogP contribution is -2.31. The third-order valence-corrected chi connectivity index (χ3v) is 6.26. The van der Waals surface area contributed by atoms with Gasteiger partial charge in [-0.3, -0.25) is 4.79 Å². The second-order valence-electron chi connectivity index (χ2n) is 5.19. The van der Waals surface area contributed by atoms with Crippen LogP contribution in [0.25, 0.3) is 0 Å². The Morgan fingerprint density at radius 3 is 2.48 bits per heavy atom. The minimum Gasteiger partial charge on any atom is -0.495 e. The molecular formula is C16H17BrN2O4S2. The summed E-state index contributed by atoms with van der Waals surface area (Å²) in [6.07, 6.45) is 1.11. The van der Waals surface area contributed by atoms with Gasteiger partial charge >= 0.3 is 0 Å². The highest BCUT2D eigenvalue weighted by Gasteiger charge is 2.22. The Labute approximate surface area is 159 Å². The lowest BCUT2D eigenvalue weighted by Gasteiger charge is -2.19. The molecule has 0 atom stereocenters. The van der Waals surface area contributed by atoms with Crippen molar-refractivity contribution in [3.63, 3.8) is 0 Å². The second kappa shape index (κ2) is 7.77.